The lowest BCUT2D eigenvalue weighted by Gasteiger charge is -2.22. The Hall–Kier alpha value is -3.00. The zero-order valence-corrected chi connectivity index (χ0v) is 17.4. The van der Waals surface area contributed by atoms with E-state index in [4.69, 9.17) is 8.94 Å². The molecule has 0 saturated heterocycles. The number of nitrogens with zero attached hydrogens (tertiary/aromatic N) is 2. The number of thioether (sulfide) groups is 1. The predicted molar refractivity (Wildman–Crippen MR) is 113 cm³/mol. The average Bonchev–Trinajstić information content (AvgIpc) is 3.36. The molecule has 2 heterocycles. The summed E-state index contributed by atoms with van der Waals surface area (Å²) in [6.07, 6.45) is 1.58. The summed E-state index contributed by atoms with van der Waals surface area (Å²) in [5, 5.41) is 6.00. The van der Waals surface area contributed by atoms with E-state index in [-0.39, 0.29) is 17.6 Å². The van der Waals surface area contributed by atoms with Gasteiger partial charge in [-0.25, -0.2) is 0 Å². The Morgan fingerprint density at radius 3 is 2.59 bits per heavy atom. The molecule has 3 aromatic rings. The van der Waals surface area contributed by atoms with E-state index in [1.54, 1.807) is 37.1 Å². The van der Waals surface area contributed by atoms with Crippen LogP contribution in [0.2, 0.25) is 0 Å². The summed E-state index contributed by atoms with van der Waals surface area (Å²) in [6.45, 7) is 5.82. The number of furan rings is 1. The van der Waals surface area contributed by atoms with Crippen LogP contribution >= 0.6 is 11.8 Å². The van der Waals surface area contributed by atoms with Crippen LogP contribution in [0.15, 0.2) is 57.7 Å². The molecule has 1 N–H and O–H groups in total. The van der Waals surface area contributed by atoms with Crippen molar-refractivity contribution < 1.29 is 18.5 Å². The molecule has 0 aliphatic rings. The van der Waals surface area contributed by atoms with Gasteiger partial charge in [0.05, 0.1) is 23.8 Å². The smallest absolute Gasteiger partial charge is 0.238 e. The number of aryl methyl sites for hydroxylation is 2. The van der Waals surface area contributed by atoms with Crippen molar-refractivity contribution in [3.8, 4) is 0 Å². The Labute approximate surface area is 173 Å². The molecule has 3 rings (SSSR count). The van der Waals surface area contributed by atoms with Gasteiger partial charge in [0.2, 0.25) is 11.8 Å². The standard InChI is InChI=1S/C21H23N3O4S/c1-14-6-8-17(9-7-14)24(12-18-5-4-10-27-18)20(25)13-29-16(3)21(26)22-19-11-15(2)28-23-19/h4-11,16H,12-13H2,1-3H3,(H,22,23,26)/t16-/m0/s1. The first-order chi connectivity index (χ1) is 13.9. The maximum atomic E-state index is 12.9. The van der Waals surface area contributed by atoms with E-state index in [0.717, 1.165) is 11.3 Å². The fraction of sp³-hybridized carbons (Fsp3) is 0.286. The molecule has 0 unspecified atom stereocenters. The van der Waals surface area contributed by atoms with E-state index in [2.05, 4.69) is 10.5 Å². The number of nitrogens with one attached hydrogen (secondary N) is 1. The van der Waals surface area contributed by atoms with Crippen molar-refractivity contribution in [2.24, 2.45) is 0 Å². The van der Waals surface area contributed by atoms with Gasteiger partial charge in [0.15, 0.2) is 5.82 Å². The van der Waals surface area contributed by atoms with Crippen molar-refractivity contribution in [2.75, 3.05) is 16.0 Å². The fourth-order valence-corrected chi connectivity index (χ4v) is 3.37. The quantitative estimate of drug-likeness (QED) is 0.596. The highest BCUT2D eigenvalue weighted by Crippen LogP contribution is 2.21. The molecule has 1 atom stereocenters. The van der Waals surface area contributed by atoms with Crippen LogP contribution in [0.1, 0.15) is 24.0 Å². The predicted octanol–water partition coefficient (Wildman–Crippen LogP) is 4.18. The van der Waals surface area contributed by atoms with E-state index >= 15 is 0 Å². The summed E-state index contributed by atoms with van der Waals surface area (Å²) >= 11 is 1.27. The van der Waals surface area contributed by atoms with Crippen LogP contribution in [0.5, 0.6) is 0 Å². The van der Waals surface area contributed by atoms with Gasteiger partial charge in [-0.15, -0.1) is 11.8 Å². The monoisotopic (exact) mass is 413 g/mol. The van der Waals surface area contributed by atoms with Crippen molar-refractivity contribution in [3.05, 3.63) is 65.8 Å². The molecule has 0 aliphatic heterocycles. The van der Waals surface area contributed by atoms with Crippen LogP contribution < -0.4 is 10.2 Å². The minimum Gasteiger partial charge on any atom is -0.467 e. The second kappa shape index (κ2) is 9.47. The lowest BCUT2D eigenvalue weighted by molar-refractivity contribution is -0.116. The number of carbonyl (C=O) groups is 2. The second-order valence-electron chi connectivity index (χ2n) is 6.66. The van der Waals surface area contributed by atoms with Crippen molar-refractivity contribution in [2.45, 2.75) is 32.6 Å². The summed E-state index contributed by atoms with van der Waals surface area (Å²) in [5.41, 5.74) is 1.90. The van der Waals surface area contributed by atoms with Gasteiger partial charge < -0.3 is 19.2 Å². The number of carbonyl (C=O) groups excluding carboxylic acids is 2. The number of hydrogen-bond donors (Lipinski definition) is 1. The summed E-state index contributed by atoms with van der Waals surface area (Å²) in [6, 6.07) is 13.0. The van der Waals surface area contributed by atoms with Crippen molar-refractivity contribution in [1.29, 1.82) is 0 Å². The number of amides is 2. The third-order valence-corrected chi connectivity index (χ3v) is 5.37. The van der Waals surface area contributed by atoms with Gasteiger partial charge >= 0.3 is 0 Å². The number of hydrogen-bond acceptors (Lipinski definition) is 6. The lowest BCUT2D eigenvalue weighted by atomic mass is 10.2. The molecule has 152 valence electrons. The minimum atomic E-state index is -0.431. The molecule has 8 heteroatoms. The van der Waals surface area contributed by atoms with Crippen LogP contribution in [0, 0.1) is 13.8 Å². The van der Waals surface area contributed by atoms with Gasteiger partial charge in [0, 0.05) is 11.8 Å². The molecule has 1 aromatic carbocycles. The van der Waals surface area contributed by atoms with Crippen molar-refractivity contribution in [3.63, 3.8) is 0 Å². The van der Waals surface area contributed by atoms with Gasteiger partial charge in [0.1, 0.15) is 11.5 Å². The highest BCUT2D eigenvalue weighted by atomic mass is 32.2. The Bertz CT molecular complexity index is 951. The Morgan fingerprint density at radius 1 is 1.21 bits per heavy atom. The molecular weight excluding hydrogens is 390 g/mol. The topological polar surface area (TPSA) is 88.6 Å². The van der Waals surface area contributed by atoms with E-state index in [1.165, 1.54) is 11.8 Å². The minimum absolute atomic E-state index is 0.104. The first-order valence-electron chi connectivity index (χ1n) is 9.17. The van der Waals surface area contributed by atoms with Gasteiger partial charge in [0.25, 0.3) is 0 Å². The van der Waals surface area contributed by atoms with Crippen LogP contribution in [-0.4, -0.2) is 28.0 Å². The molecule has 0 saturated carbocycles. The van der Waals surface area contributed by atoms with E-state index in [9.17, 15) is 9.59 Å². The van der Waals surface area contributed by atoms with Gasteiger partial charge in [-0.2, -0.15) is 0 Å². The average molecular weight is 413 g/mol. The van der Waals surface area contributed by atoms with Gasteiger partial charge in [-0.05, 0) is 45.0 Å². The zero-order chi connectivity index (χ0) is 20.8. The molecular formula is C21H23N3O4S. The highest BCUT2D eigenvalue weighted by molar-refractivity contribution is 8.01. The fourth-order valence-electron chi connectivity index (χ4n) is 2.61. The maximum Gasteiger partial charge on any atom is 0.238 e. The molecule has 0 fully saturated rings. The summed E-state index contributed by atoms with van der Waals surface area (Å²) in [4.78, 5) is 26.9. The number of anilines is 2. The first-order valence-corrected chi connectivity index (χ1v) is 10.2. The Morgan fingerprint density at radius 2 is 1.97 bits per heavy atom. The van der Waals surface area contributed by atoms with Crippen LogP contribution in [-0.2, 0) is 16.1 Å². The van der Waals surface area contributed by atoms with E-state index in [0.29, 0.717) is 23.9 Å². The molecule has 2 amide bonds. The summed E-state index contributed by atoms with van der Waals surface area (Å²) in [7, 11) is 0. The lowest BCUT2D eigenvalue weighted by Crippen LogP contribution is -2.33. The van der Waals surface area contributed by atoms with Crippen LogP contribution in [0.25, 0.3) is 0 Å². The van der Waals surface area contributed by atoms with Crippen molar-refractivity contribution in [1.82, 2.24) is 5.16 Å². The highest BCUT2D eigenvalue weighted by Gasteiger charge is 2.21. The molecule has 2 aromatic heterocycles. The van der Waals surface area contributed by atoms with Crippen molar-refractivity contribution >= 4 is 35.1 Å². The Kier molecular flexibility index (Phi) is 6.77. The van der Waals surface area contributed by atoms with E-state index < -0.39 is 5.25 Å². The summed E-state index contributed by atoms with van der Waals surface area (Å²) in [5.74, 6) is 1.49. The largest absolute Gasteiger partial charge is 0.467 e. The van der Waals surface area contributed by atoms with E-state index in [1.807, 2.05) is 37.3 Å². The van der Waals surface area contributed by atoms with Crippen LogP contribution in [0.3, 0.4) is 0 Å². The normalized spacial score (nSPS) is 11.8. The molecule has 29 heavy (non-hydrogen) atoms. The number of rotatable bonds is 8. The molecule has 0 aliphatic carbocycles. The molecule has 7 nitrogen and oxygen atoms in total. The third kappa shape index (κ3) is 5.74. The SMILES string of the molecule is Cc1ccc(N(Cc2ccco2)C(=O)CS[C@@H](C)C(=O)Nc2cc(C)on2)cc1. The first kappa shape index (κ1) is 20.7. The zero-order valence-electron chi connectivity index (χ0n) is 16.5. The summed E-state index contributed by atoms with van der Waals surface area (Å²) < 4.78 is 10.4. The van der Waals surface area contributed by atoms with Gasteiger partial charge in [-0.3, -0.25) is 9.59 Å². The molecule has 0 spiro atoms. The molecule has 0 bridgehead atoms. The Balaban J connectivity index is 1.62. The third-order valence-electron chi connectivity index (χ3n) is 4.25. The number of benzene rings is 1. The number of aromatic nitrogens is 1. The second-order valence-corrected chi connectivity index (χ2v) is 7.99. The molecule has 0 radical (unpaired) electrons. The van der Waals surface area contributed by atoms with Crippen LogP contribution in [0.4, 0.5) is 11.5 Å². The van der Waals surface area contributed by atoms with Gasteiger partial charge in [-0.1, -0.05) is 22.9 Å². The maximum absolute atomic E-state index is 12.9.